The number of hydrogen-bond acceptors (Lipinski definition) is 4. The normalized spacial score (nSPS) is 16.1. The zero-order chi connectivity index (χ0) is 16.4. The molecule has 1 aromatic rings. The minimum atomic E-state index is -3.43. The Kier molecular flexibility index (Phi) is 5.26. The number of rotatable bonds is 8. The molecule has 1 fully saturated rings. The van der Waals surface area contributed by atoms with Crippen molar-refractivity contribution < 1.29 is 16.8 Å². The Morgan fingerprint density at radius 2 is 1.73 bits per heavy atom. The average Bonchev–Trinajstić information content (AvgIpc) is 3.22. The van der Waals surface area contributed by atoms with E-state index in [0.29, 0.717) is 18.9 Å². The zero-order valence-corrected chi connectivity index (χ0v) is 14.5. The van der Waals surface area contributed by atoms with Crippen molar-refractivity contribution in [3.05, 3.63) is 29.8 Å². The first-order valence-electron chi connectivity index (χ1n) is 7.18. The van der Waals surface area contributed by atoms with Gasteiger partial charge in [0, 0.05) is 26.4 Å². The zero-order valence-electron chi connectivity index (χ0n) is 12.8. The van der Waals surface area contributed by atoms with Crippen LogP contribution in [-0.2, 0) is 26.5 Å². The highest BCUT2D eigenvalue weighted by Crippen LogP contribution is 2.29. The highest BCUT2D eigenvalue weighted by atomic mass is 32.2. The fourth-order valence-electron chi connectivity index (χ4n) is 2.10. The molecule has 0 saturated heterocycles. The Labute approximate surface area is 132 Å². The monoisotopic (exact) mass is 346 g/mol. The van der Waals surface area contributed by atoms with Gasteiger partial charge in [0.25, 0.3) is 10.2 Å². The number of benzene rings is 1. The molecule has 0 spiro atoms. The third-order valence-corrected chi connectivity index (χ3v) is 6.34. The Balaban J connectivity index is 1.85. The van der Waals surface area contributed by atoms with Crippen LogP contribution in [0.5, 0.6) is 0 Å². The van der Waals surface area contributed by atoms with Gasteiger partial charge in [-0.15, -0.1) is 0 Å². The summed E-state index contributed by atoms with van der Waals surface area (Å²) in [5.41, 5.74) is 0.889. The summed E-state index contributed by atoms with van der Waals surface area (Å²) in [5.74, 6) is 0.505. The highest BCUT2D eigenvalue weighted by Gasteiger charge is 2.27. The molecule has 0 atom stereocenters. The minimum absolute atomic E-state index is 0.265. The standard InChI is InChI=1S/C14H22N2O4S2/c1-16(11-13-3-4-13)22(19,20)15-10-9-12-5-7-14(8-6-12)21(2,17)18/h5-8,13,15H,3-4,9-11H2,1-2H3. The molecule has 0 aliphatic heterocycles. The summed E-state index contributed by atoms with van der Waals surface area (Å²) < 4.78 is 50.7. The summed E-state index contributed by atoms with van der Waals surface area (Å²) in [5, 5.41) is 0. The van der Waals surface area contributed by atoms with Crippen molar-refractivity contribution >= 4 is 20.0 Å². The second-order valence-corrected chi connectivity index (χ2v) is 9.67. The van der Waals surface area contributed by atoms with Crippen LogP contribution in [0.4, 0.5) is 0 Å². The molecule has 1 N–H and O–H groups in total. The lowest BCUT2D eigenvalue weighted by Gasteiger charge is -2.17. The molecular formula is C14H22N2O4S2. The Bertz CT molecular complexity index is 708. The molecule has 0 bridgehead atoms. The number of nitrogens with zero attached hydrogens (tertiary/aromatic N) is 1. The Morgan fingerprint density at radius 3 is 2.23 bits per heavy atom. The lowest BCUT2D eigenvalue weighted by molar-refractivity contribution is 0.443. The van der Waals surface area contributed by atoms with Gasteiger partial charge in [-0.1, -0.05) is 12.1 Å². The molecule has 0 amide bonds. The first-order chi connectivity index (χ1) is 10.2. The van der Waals surface area contributed by atoms with Gasteiger partial charge in [0.1, 0.15) is 0 Å². The summed E-state index contributed by atoms with van der Waals surface area (Å²) in [7, 11) is -5.04. The molecule has 6 nitrogen and oxygen atoms in total. The minimum Gasteiger partial charge on any atom is -0.224 e. The quantitative estimate of drug-likeness (QED) is 0.755. The third-order valence-electron chi connectivity index (χ3n) is 3.67. The van der Waals surface area contributed by atoms with Gasteiger partial charge < -0.3 is 0 Å². The van der Waals surface area contributed by atoms with E-state index in [4.69, 9.17) is 0 Å². The van der Waals surface area contributed by atoms with Gasteiger partial charge >= 0.3 is 0 Å². The maximum absolute atomic E-state index is 12.0. The van der Waals surface area contributed by atoms with E-state index in [9.17, 15) is 16.8 Å². The van der Waals surface area contributed by atoms with Crippen LogP contribution in [0.3, 0.4) is 0 Å². The van der Waals surface area contributed by atoms with Crippen molar-refractivity contribution in [1.29, 1.82) is 0 Å². The van der Waals surface area contributed by atoms with Gasteiger partial charge in [0.2, 0.25) is 0 Å². The SMILES string of the molecule is CN(CC1CC1)S(=O)(=O)NCCc1ccc(S(C)(=O)=O)cc1. The predicted octanol–water partition coefficient (Wildman–Crippen LogP) is 0.809. The van der Waals surface area contributed by atoms with Crippen LogP contribution < -0.4 is 4.72 Å². The van der Waals surface area contributed by atoms with Crippen LogP contribution >= 0.6 is 0 Å². The molecule has 0 heterocycles. The first-order valence-corrected chi connectivity index (χ1v) is 10.5. The van der Waals surface area contributed by atoms with Gasteiger partial charge in [0.05, 0.1) is 4.90 Å². The molecule has 0 radical (unpaired) electrons. The maximum Gasteiger partial charge on any atom is 0.279 e. The molecule has 1 aliphatic rings. The van der Waals surface area contributed by atoms with Gasteiger partial charge in [-0.05, 0) is 42.9 Å². The molecule has 124 valence electrons. The lowest BCUT2D eigenvalue weighted by atomic mass is 10.2. The fourth-order valence-corrected chi connectivity index (χ4v) is 3.72. The van der Waals surface area contributed by atoms with Crippen LogP contribution in [0.25, 0.3) is 0 Å². The summed E-state index contributed by atoms with van der Waals surface area (Å²) >= 11 is 0. The molecule has 0 aromatic heterocycles. The number of sulfone groups is 1. The topological polar surface area (TPSA) is 83.6 Å². The number of hydrogen-bond donors (Lipinski definition) is 1. The van der Waals surface area contributed by atoms with E-state index in [1.807, 2.05) is 0 Å². The molecule has 22 heavy (non-hydrogen) atoms. The maximum atomic E-state index is 12.0. The van der Waals surface area contributed by atoms with Crippen LogP contribution in [-0.4, -0.2) is 47.5 Å². The molecular weight excluding hydrogens is 324 g/mol. The van der Waals surface area contributed by atoms with E-state index in [2.05, 4.69) is 4.72 Å². The summed E-state index contributed by atoms with van der Waals surface area (Å²) in [4.78, 5) is 0.265. The van der Waals surface area contributed by atoms with Crippen LogP contribution in [0, 0.1) is 5.92 Å². The van der Waals surface area contributed by atoms with Gasteiger partial charge in [0.15, 0.2) is 9.84 Å². The van der Waals surface area contributed by atoms with Gasteiger partial charge in [-0.3, -0.25) is 0 Å². The van der Waals surface area contributed by atoms with Crippen molar-refractivity contribution in [3.63, 3.8) is 0 Å². The van der Waals surface area contributed by atoms with Crippen LogP contribution in [0.15, 0.2) is 29.2 Å². The Morgan fingerprint density at radius 1 is 1.14 bits per heavy atom. The first kappa shape index (κ1) is 17.4. The number of nitrogens with one attached hydrogen (secondary N) is 1. The lowest BCUT2D eigenvalue weighted by Crippen LogP contribution is -2.40. The highest BCUT2D eigenvalue weighted by molar-refractivity contribution is 7.90. The van der Waals surface area contributed by atoms with Crippen molar-refractivity contribution in [2.75, 3.05) is 26.4 Å². The second kappa shape index (κ2) is 6.66. The van der Waals surface area contributed by atoms with Gasteiger partial charge in [-0.25, -0.2) is 13.1 Å². The van der Waals surface area contributed by atoms with Crippen molar-refractivity contribution in [3.8, 4) is 0 Å². The fraction of sp³-hybridized carbons (Fsp3) is 0.571. The summed E-state index contributed by atoms with van der Waals surface area (Å²) in [6, 6.07) is 6.49. The van der Waals surface area contributed by atoms with Crippen LogP contribution in [0.1, 0.15) is 18.4 Å². The van der Waals surface area contributed by atoms with E-state index in [1.54, 1.807) is 31.3 Å². The van der Waals surface area contributed by atoms with E-state index >= 15 is 0 Å². The smallest absolute Gasteiger partial charge is 0.224 e. The van der Waals surface area contributed by atoms with E-state index in [1.165, 1.54) is 4.31 Å². The molecule has 1 aliphatic carbocycles. The van der Waals surface area contributed by atoms with Gasteiger partial charge in [-0.2, -0.15) is 12.7 Å². The van der Waals surface area contributed by atoms with Crippen molar-refractivity contribution in [2.24, 2.45) is 5.92 Å². The summed E-state index contributed by atoms with van der Waals surface area (Å²) in [6.07, 6.45) is 3.88. The molecule has 0 unspecified atom stereocenters. The second-order valence-electron chi connectivity index (χ2n) is 5.79. The average molecular weight is 346 g/mol. The van der Waals surface area contributed by atoms with E-state index < -0.39 is 20.0 Å². The molecule has 8 heteroatoms. The van der Waals surface area contributed by atoms with Crippen LogP contribution in [0.2, 0.25) is 0 Å². The van der Waals surface area contributed by atoms with Crippen molar-refractivity contribution in [2.45, 2.75) is 24.2 Å². The predicted molar refractivity (Wildman–Crippen MR) is 85.5 cm³/mol. The van der Waals surface area contributed by atoms with E-state index in [0.717, 1.165) is 24.7 Å². The molecule has 1 aromatic carbocycles. The molecule has 2 rings (SSSR count). The van der Waals surface area contributed by atoms with E-state index in [-0.39, 0.29) is 11.4 Å². The summed E-state index contributed by atoms with van der Waals surface area (Å²) in [6.45, 7) is 0.855. The van der Waals surface area contributed by atoms with Crippen molar-refractivity contribution in [1.82, 2.24) is 9.03 Å². The third kappa shape index (κ3) is 5.05. The Hall–Kier alpha value is -0.960. The largest absolute Gasteiger partial charge is 0.279 e. The molecule has 1 saturated carbocycles.